The number of hydrogen-bond acceptors (Lipinski definition) is 6. The van der Waals surface area contributed by atoms with E-state index >= 15 is 0 Å². The summed E-state index contributed by atoms with van der Waals surface area (Å²) in [4.78, 5) is 37.5. The van der Waals surface area contributed by atoms with Gasteiger partial charge in [-0.2, -0.15) is 5.10 Å². The Hall–Kier alpha value is -2.74. The lowest BCUT2D eigenvalue weighted by molar-refractivity contribution is -0.130. The number of hydrogen-bond donors (Lipinski definition) is 2. The number of ether oxygens (including phenoxy) is 1. The summed E-state index contributed by atoms with van der Waals surface area (Å²) in [6.07, 6.45) is 4.24. The SMILES string of the molecule is C[C@H](OC(=O)c1nn(CCO)c(=O)c2ccccc12)C(=O)NC1CCCCC1. The topological polar surface area (TPSA) is 111 Å². The van der Waals surface area contributed by atoms with Gasteiger partial charge in [0, 0.05) is 11.4 Å². The summed E-state index contributed by atoms with van der Waals surface area (Å²) in [5.41, 5.74) is -0.453. The molecule has 0 aliphatic heterocycles. The lowest BCUT2D eigenvalue weighted by Crippen LogP contribution is -2.43. The smallest absolute Gasteiger partial charge is 0.360 e. The van der Waals surface area contributed by atoms with Gasteiger partial charge in [0.2, 0.25) is 0 Å². The lowest BCUT2D eigenvalue weighted by atomic mass is 9.95. The molecule has 150 valence electrons. The van der Waals surface area contributed by atoms with E-state index in [9.17, 15) is 14.4 Å². The van der Waals surface area contributed by atoms with Crippen molar-refractivity contribution in [3.8, 4) is 0 Å². The molecule has 3 rings (SSSR count). The first-order chi connectivity index (χ1) is 13.5. The third-order valence-corrected chi connectivity index (χ3v) is 4.98. The van der Waals surface area contributed by atoms with E-state index in [1.165, 1.54) is 13.3 Å². The summed E-state index contributed by atoms with van der Waals surface area (Å²) < 4.78 is 6.36. The van der Waals surface area contributed by atoms with Gasteiger partial charge in [-0.05, 0) is 25.8 Å². The molecular weight excluding hydrogens is 362 g/mol. The number of nitrogens with one attached hydrogen (secondary N) is 1. The van der Waals surface area contributed by atoms with Crippen molar-refractivity contribution in [2.75, 3.05) is 6.61 Å². The molecule has 1 fully saturated rings. The number of nitrogens with zero attached hydrogens (tertiary/aromatic N) is 2. The van der Waals surface area contributed by atoms with E-state index in [1.807, 2.05) is 0 Å². The van der Waals surface area contributed by atoms with Gasteiger partial charge < -0.3 is 15.2 Å². The number of carbonyl (C=O) groups excluding carboxylic acids is 2. The van der Waals surface area contributed by atoms with Crippen LogP contribution in [0.4, 0.5) is 0 Å². The molecule has 0 saturated heterocycles. The number of aliphatic hydroxyl groups is 1. The highest BCUT2D eigenvalue weighted by atomic mass is 16.5. The van der Waals surface area contributed by atoms with E-state index in [0.29, 0.717) is 10.8 Å². The second-order valence-corrected chi connectivity index (χ2v) is 7.04. The summed E-state index contributed by atoms with van der Waals surface area (Å²) in [6, 6.07) is 6.69. The third-order valence-electron chi connectivity index (χ3n) is 4.98. The van der Waals surface area contributed by atoms with Crippen LogP contribution in [0.2, 0.25) is 0 Å². The maximum atomic E-state index is 12.7. The minimum atomic E-state index is -0.979. The summed E-state index contributed by atoms with van der Waals surface area (Å²) in [5, 5.41) is 16.8. The summed E-state index contributed by atoms with van der Waals surface area (Å²) in [6.45, 7) is 1.18. The molecule has 28 heavy (non-hydrogen) atoms. The van der Waals surface area contributed by atoms with E-state index < -0.39 is 17.6 Å². The lowest BCUT2D eigenvalue weighted by Gasteiger charge is -2.24. The van der Waals surface area contributed by atoms with Crippen LogP contribution < -0.4 is 10.9 Å². The van der Waals surface area contributed by atoms with E-state index in [2.05, 4.69) is 10.4 Å². The predicted molar refractivity (Wildman–Crippen MR) is 103 cm³/mol. The van der Waals surface area contributed by atoms with Crippen LogP contribution in [0, 0.1) is 0 Å². The summed E-state index contributed by atoms with van der Waals surface area (Å²) in [7, 11) is 0. The number of esters is 1. The molecule has 0 bridgehead atoms. The monoisotopic (exact) mass is 387 g/mol. The summed E-state index contributed by atoms with van der Waals surface area (Å²) in [5.74, 6) is -1.12. The van der Waals surface area contributed by atoms with Crippen LogP contribution in [0.3, 0.4) is 0 Å². The zero-order chi connectivity index (χ0) is 20.1. The van der Waals surface area contributed by atoms with Gasteiger partial charge in [-0.3, -0.25) is 9.59 Å². The van der Waals surface area contributed by atoms with Crippen molar-refractivity contribution in [3.63, 3.8) is 0 Å². The molecule has 1 aliphatic carbocycles. The second-order valence-electron chi connectivity index (χ2n) is 7.04. The van der Waals surface area contributed by atoms with Crippen LogP contribution in [0.1, 0.15) is 49.5 Å². The second kappa shape index (κ2) is 8.97. The molecule has 1 saturated carbocycles. The standard InChI is InChI=1S/C20H25N3O5/c1-13(18(25)21-14-7-3-2-4-8-14)28-20(27)17-15-9-5-6-10-16(15)19(26)23(22-17)11-12-24/h5-6,9-10,13-14,24H,2-4,7-8,11-12H2,1H3,(H,21,25)/t13-/m0/s1. The zero-order valence-electron chi connectivity index (χ0n) is 15.9. The molecule has 1 aliphatic rings. The van der Waals surface area contributed by atoms with Crippen LogP contribution in [-0.4, -0.2) is 45.5 Å². The van der Waals surface area contributed by atoms with Crippen molar-refractivity contribution in [3.05, 3.63) is 40.3 Å². The molecule has 0 radical (unpaired) electrons. The van der Waals surface area contributed by atoms with Crippen molar-refractivity contribution in [2.45, 2.75) is 57.7 Å². The Labute approximate surface area is 162 Å². The fourth-order valence-electron chi connectivity index (χ4n) is 3.47. The molecule has 0 spiro atoms. The fraction of sp³-hybridized carbons (Fsp3) is 0.500. The minimum absolute atomic E-state index is 0.0400. The Bertz CT molecular complexity index is 918. The first-order valence-corrected chi connectivity index (χ1v) is 9.63. The fourth-order valence-corrected chi connectivity index (χ4v) is 3.47. The van der Waals surface area contributed by atoms with Gasteiger partial charge in [0.15, 0.2) is 11.8 Å². The van der Waals surface area contributed by atoms with Crippen LogP contribution >= 0.6 is 0 Å². The number of rotatable bonds is 6. The van der Waals surface area contributed by atoms with E-state index in [-0.39, 0.29) is 30.8 Å². The van der Waals surface area contributed by atoms with Gasteiger partial charge >= 0.3 is 5.97 Å². The average molecular weight is 387 g/mol. The van der Waals surface area contributed by atoms with Gasteiger partial charge in [-0.15, -0.1) is 0 Å². The zero-order valence-corrected chi connectivity index (χ0v) is 15.9. The van der Waals surface area contributed by atoms with Crippen molar-refractivity contribution in [1.82, 2.24) is 15.1 Å². The molecule has 1 aromatic carbocycles. The highest BCUT2D eigenvalue weighted by molar-refractivity contribution is 6.02. The summed E-state index contributed by atoms with van der Waals surface area (Å²) >= 11 is 0. The maximum absolute atomic E-state index is 12.7. The first kappa shape index (κ1) is 20.0. The molecule has 1 amide bonds. The van der Waals surface area contributed by atoms with Crippen LogP contribution in [-0.2, 0) is 16.1 Å². The van der Waals surface area contributed by atoms with Gasteiger partial charge in [0.1, 0.15) is 0 Å². The maximum Gasteiger partial charge on any atom is 0.360 e. The molecule has 1 heterocycles. The Morgan fingerprint density at radius 3 is 2.61 bits per heavy atom. The van der Waals surface area contributed by atoms with Crippen molar-refractivity contribution in [2.24, 2.45) is 0 Å². The first-order valence-electron chi connectivity index (χ1n) is 9.63. The number of benzene rings is 1. The van der Waals surface area contributed by atoms with Gasteiger partial charge in [0.05, 0.1) is 18.5 Å². The predicted octanol–water partition coefficient (Wildman–Crippen LogP) is 1.38. The minimum Gasteiger partial charge on any atom is -0.448 e. The molecule has 0 unspecified atom stereocenters. The Kier molecular flexibility index (Phi) is 6.41. The molecule has 8 heteroatoms. The average Bonchev–Trinajstić information content (AvgIpc) is 2.71. The number of fused-ring (bicyclic) bond motifs is 1. The van der Waals surface area contributed by atoms with Crippen molar-refractivity contribution >= 4 is 22.6 Å². The van der Waals surface area contributed by atoms with Gasteiger partial charge in [-0.1, -0.05) is 37.5 Å². The molecule has 1 atom stereocenters. The Balaban J connectivity index is 1.79. The van der Waals surface area contributed by atoms with Crippen molar-refractivity contribution < 1.29 is 19.4 Å². The number of amides is 1. The van der Waals surface area contributed by atoms with Crippen LogP contribution in [0.15, 0.2) is 29.1 Å². The molecular formula is C20H25N3O5. The van der Waals surface area contributed by atoms with Crippen molar-refractivity contribution in [1.29, 1.82) is 0 Å². The molecule has 1 aromatic heterocycles. The van der Waals surface area contributed by atoms with E-state index in [4.69, 9.17) is 9.84 Å². The number of aliphatic hydroxyl groups excluding tert-OH is 1. The van der Waals surface area contributed by atoms with Gasteiger partial charge in [-0.25, -0.2) is 9.48 Å². The van der Waals surface area contributed by atoms with Crippen LogP contribution in [0.25, 0.3) is 10.8 Å². The Morgan fingerprint density at radius 1 is 1.25 bits per heavy atom. The van der Waals surface area contributed by atoms with Gasteiger partial charge in [0.25, 0.3) is 11.5 Å². The highest BCUT2D eigenvalue weighted by Crippen LogP contribution is 2.18. The molecule has 8 nitrogen and oxygen atoms in total. The van der Waals surface area contributed by atoms with Crippen LogP contribution in [0.5, 0.6) is 0 Å². The quantitative estimate of drug-likeness (QED) is 0.725. The highest BCUT2D eigenvalue weighted by Gasteiger charge is 2.25. The normalized spacial score (nSPS) is 15.9. The molecule has 2 N–H and O–H groups in total. The number of carbonyl (C=O) groups is 2. The Morgan fingerprint density at radius 2 is 1.93 bits per heavy atom. The molecule has 2 aromatic rings. The van der Waals surface area contributed by atoms with E-state index in [1.54, 1.807) is 24.3 Å². The third kappa shape index (κ3) is 4.39. The largest absolute Gasteiger partial charge is 0.448 e. The van der Waals surface area contributed by atoms with E-state index in [0.717, 1.165) is 30.4 Å². The number of aromatic nitrogens is 2.